The number of benzene rings is 2. The fourth-order valence-electron chi connectivity index (χ4n) is 2.18. The third-order valence-corrected chi connectivity index (χ3v) is 3.36. The number of nitrogens with zero attached hydrogens (tertiary/aromatic N) is 1. The Hall–Kier alpha value is -2.49. The van der Waals surface area contributed by atoms with E-state index in [0.29, 0.717) is 19.7 Å². The molecule has 2 amide bonds. The van der Waals surface area contributed by atoms with Crippen LogP contribution in [-0.2, 0) is 0 Å². The average Bonchev–Trinajstić information content (AvgIpc) is 2.55. The Bertz CT molecular complexity index is 599. The SMILES string of the molecule is CCN(C(=O)NCCOc1ccccc1C)c1ccccc1. The molecule has 0 aliphatic carbocycles. The summed E-state index contributed by atoms with van der Waals surface area (Å²) in [5.41, 5.74) is 1.98. The molecule has 0 bridgehead atoms. The van der Waals surface area contributed by atoms with Crippen LogP contribution in [-0.4, -0.2) is 25.7 Å². The molecule has 0 radical (unpaired) electrons. The zero-order chi connectivity index (χ0) is 15.8. The molecule has 0 aliphatic heterocycles. The van der Waals surface area contributed by atoms with Crippen molar-refractivity contribution in [2.45, 2.75) is 13.8 Å². The maximum absolute atomic E-state index is 12.2. The van der Waals surface area contributed by atoms with Crippen molar-refractivity contribution >= 4 is 11.7 Å². The van der Waals surface area contributed by atoms with E-state index in [4.69, 9.17) is 4.74 Å². The van der Waals surface area contributed by atoms with Crippen molar-refractivity contribution in [1.82, 2.24) is 5.32 Å². The average molecular weight is 298 g/mol. The Balaban J connectivity index is 1.81. The van der Waals surface area contributed by atoms with Gasteiger partial charge in [-0.3, -0.25) is 4.90 Å². The topological polar surface area (TPSA) is 41.6 Å². The van der Waals surface area contributed by atoms with Gasteiger partial charge in [0, 0.05) is 12.2 Å². The summed E-state index contributed by atoms with van der Waals surface area (Å²) in [6.45, 7) is 5.49. The number of hydrogen-bond donors (Lipinski definition) is 1. The third-order valence-electron chi connectivity index (χ3n) is 3.36. The Kier molecular flexibility index (Phi) is 5.83. The number of carbonyl (C=O) groups is 1. The lowest BCUT2D eigenvalue weighted by molar-refractivity contribution is 0.242. The Labute approximate surface area is 131 Å². The summed E-state index contributed by atoms with van der Waals surface area (Å²) in [6.07, 6.45) is 0. The highest BCUT2D eigenvalue weighted by Gasteiger charge is 2.12. The van der Waals surface area contributed by atoms with E-state index in [-0.39, 0.29) is 6.03 Å². The van der Waals surface area contributed by atoms with Crippen molar-refractivity contribution in [1.29, 1.82) is 0 Å². The number of anilines is 1. The highest BCUT2D eigenvalue weighted by Crippen LogP contribution is 2.16. The van der Waals surface area contributed by atoms with Crippen LogP contribution in [0.25, 0.3) is 0 Å². The largest absolute Gasteiger partial charge is 0.491 e. The first-order chi connectivity index (χ1) is 10.7. The lowest BCUT2D eigenvalue weighted by Gasteiger charge is -2.21. The van der Waals surface area contributed by atoms with Crippen molar-refractivity contribution in [2.24, 2.45) is 0 Å². The number of urea groups is 1. The van der Waals surface area contributed by atoms with E-state index in [1.54, 1.807) is 4.90 Å². The Morgan fingerprint density at radius 3 is 2.45 bits per heavy atom. The lowest BCUT2D eigenvalue weighted by Crippen LogP contribution is -2.41. The monoisotopic (exact) mass is 298 g/mol. The molecule has 0 atom stereocenters. The van der Waals surface area contributed by atoms with Crippen molar-refractivity contribution in [3.63, 3.8) is 0 Å². The van der Waals surface area contributed by atoms with Crippen molar-refractivity contribution < 1.29 is 9.53 Å². The molecule has 0 heterocycles. The van der Waals surface area contributed by atoms with Crippen LogP contribution in [0.4, 0.5) is 10.5 Å². The van der Waals surface area contributed by atoms with Gasteiger partial charge in [-0.05, 0) is 37.6 Å². The van der Waals surface area contributed by atoms with Crippen LogP contribution in [0.3, 0.4) is 0 Å². The summed E-state index contributed by atoms with van der Waals surface area (Å²) in [6, 6.07) is 17.4. The summed E-state index contributed by atoms with van der Waals surface area (Å²) in [5, 5.41) is 2.88. The van der Waals surface area contributed by atoms with Crippen molar-refractivity contribution in [3.8, 4) is 5.75 Å². The molecule has 0 spiro atoms. The van der Waals surface area contributed by atoms with Crippen LogP contribution in [0, 0.1) is 6.92 Å². The standard InChI is InChI=1S/C18H22N2O2/c1-3-20(16-10-5-4-6-11-16)18(21)19-13-14-22-17-12-8-7-9-15(17)2/h4-12H,3,13-14H2,1-2H3,(H,19,21). The smallest absolute Gasteiger partial charge is 0.321 e. The summed E-state index contributed by atoms with van der Waals surface area (Å²) in [5.74, 6) is 0.854. The van der Waals surface area contributed by atoms with Crippen LogP contribution in [0.5, 0.6) is 5.75 Å². The first-order valence-electron chi connectivity index (χ1n) is 7.51. The van der Waals surface area contributed by atoms with E-state index in [1.807, 2.05) is 68.4 Å². The molecule has 0 unspecified atom stereocenters. The van der Waals surface area contributed by atoms with Crippen molar-refractivity contribution in [3.05, 3.63) is 60.2 Å². The molecule has 2 rings (SSSR count). The van der Waals surface area contributed by atoms with Gasteiger partial charge in [0.2, 0.25) is 0 Å². The number of hydrogen-bond acceptors (Lipinski definition) is 2. The maximum Gasteiger partial charge on any atom is 0.321 e. The fraction of sp³-hybridized carbons (Fsp3) is 0.278. The molecule has 116 valence electrons. The number of rotatable bonds is 6. The second-order valence-corrected chi connectivity index (χ2v) is 4.93. The molecule has 2 aromatic rings. The van der Waals surface area contributed by atoms with Gasteiger partial charge in [0.1, 0.15) is 12.4 Å². The van der Waals surface area contributed by atoms with Gasteiger partial charge in [0.05, 0.1) is 6.54 Å². The predicted octanol–water partition coefficient (Wildman–Crippen LogP) is 3.61. The van der Waals surface area contributed by atoms with E-state index in [9.17, 15) is 4.79 Å². The number of para-hydroxylation sites is 2. The van der Waals surface area contributed by atoms with Gasteiger partial charge < -0.3 is 10.1 Å². The fourth-order valence-corrected chi connectivity index (χ4v) is 2.18. The maximum atomic E-state index is 12.2. The minimum Gasteiger partial charge on any atom is -0.491 e. The predicted molar refractivity (Wildman–Crippen MR) is 89.5 cm³/mol. The van der Waals surface area contributed by atoms with E-state index in [0.717, 1.165) is 17.0 Å². The highest BCUT2D eigenvalue weighted by atomic mass is 16.5. The van der Waals surface area contributed by atoms with Crippen LogP contribution >= 0.6 is 0 Å². The molecule has 0 aliphatic rings. The summed E-state index contributed by atoms with van der Waals surface area (Å²) in [7, 11) is 0. The molecule has 2 aromatic carbocycles. The van der Waals surface area contributed by atoms with Gasteiger partial charge in [-0.1, -0.05) is 36.4 Å². The van der Waals surface area contributed by atoms with Crippen LogP contribution < -0.4 is 15.0 Å². The minimum absolute atomic E-state index is 0.109. The van der Waals surface area contributed by atoms with Gasteiger partial charge in [-0.2, -0.15) is 0 Å². The molecule has 0 saturated carbocycles. The summed E-state index contributed by atoms with van der Waals surface area (Å²) in [4.78, 5) is 13.9. The third kappa shape index (κ3) is 4.25. The number of carbonyl (C=O) groups excluding carboxylic acids is 1. The van der Waals surface area contributed by atoms with Gasteiger partial charge >= 0.3 is 6.03 Å². The first-order valence-corrected chi connectivity index (χ1v) is 7.51. The summed E-state index contributed by atoms with van der Waals surface area (Å²) < 4.78 is 5.67. The number of nitrogens with one attached hydrogen (secondary N) is 1. The second-order valence-electron chi connectivity index (χ2n) is 4.93. The molecule has 0 saturated heterocycles. The van der Waals surface area contributed by atoms with E-state index in [1.165, 1.54) is 0 Å². The molecule has 4 nitrogen and oxygen atoms in total. The highest BCUT2D eigenvalue weighted by molar-refractivity contribution is 5.91. The lowest BCUT2D eigenvalue weighted by atomic mass is 10.2. The van der Waals surface area contributed by atoms with Crippen LogP contribution in [0.1, 0.15) is 12.5 Å². The molecule has 22 heavy (non-hydrogen) atoms. The zero-order valence-electron chi connectivity index (χ0n) is 13.1. The molecule has 4 heteroatoms. The van der Waals surface area contributed by atoms with E-state index in [2.05, 4.69) is 5.32 Å². The number of ether oxygens (including phenoxy) is 1. The first kappa shape index (κ1) is 15.9. The molecular formula is C18H22N2O2. The van der Waals surface area contributed by atoms with Gasteiger partial charge in [0.25, 0.3) is 0 Å². The molecule has 0 aromatic heterocycles. The number of aryl methyl sites for hydroxylation is 1. The van der Waals surface area contributed by atoms with E-state index >= 15 is 0 Å². The molecule has 0 fully saturated rings. The summed E-state index contributed by atoms with van der Waals surface area (Å²) >= 11 is 0. The quantitative estimate of drug-likeness (QED) is 0.828. The molecule has 1 N–H and O–H groups in total. The zero-order valence-corrected chi connectivity index (χ0v) is 13.1. The van der Waals surface area contributed by atoms with Crippen LogP contribution in [0.15, 0.2) is 54.6 Å². The van der Waals surface area contributed by atoms with Gasteiger partial charge in [-0.25, -0.2) is 4.79 Å². The normalized spacial score (nSPS) is 10.1. The minimum atomic E-state index is -0.109. The van der Waals surface area contributed by atoms with Gasteiger partial charge in [-0.15, -0.1) is 0 Å². The molecular weight excluding hydrogens is 276 g/mol. The Morgan fingerprint density at radius 1 is 1.09 bits per heavy atom. The Morgan fingerprint density at radius 2 is 1.77 bits per heavy atom. The number of amides is 2. The van der Waals surface area contributed by atoms with Crippen LogP contribution in [0.2, 0.25) is 0 Å². The second kappa shape index (κ2) is 8.08. The van der Waals surface area contributed by atoms with Crippen molar-refractivity contribution in [2.75, 3.05) is 24.6 Å². The van der Waals surface area contributed by atoms with Gasteiger partial charge in [0.15, 0.2) is 0 Å². The van der Waals surface area contributed by atoms with E-state index < -0.39 is 0 Å².